The highest BCUT2D eigenvalue weighted by atomic mass is 127. The van der Waals surface area contributed by atoms with E-state index in [1.165, 1.54) is 4.90 Å². The monoisotopic (exact) mass is 340 g/mol. The van der Waals surface area contributed by atoms with Crippen molar-refractivity contribution in [2.75, 3.05) is 18.8 Å². The standard InChI is InChI=1S/C11H9IN4O/c12-9-7-8(1-2-10(9)15)11(17)16(5-3-13)6-4-14/h1-2,7H,5-6,15H2. The van der Waals surface area contributed by atoms with Crippen LogP contribution in [-0.4, -0.2) is 23.9 Å². The van der Waals surface area contributed by atoms with Gasteiger partial charge in [0.25, 0.3) is 5.91 Å². The molecule has 0 atom stereocenters. The van der Waals surface area contributed by atoms with Gasteiger partial charge in [0.05, 0.1) is 12.1 Å². The van der Waals surface area contributed by atoms with Gasteiger partial charge < -0.3 is 10.6 Å². The molecule has 0 bridgehead atoms. The van der Waals surface area contributed by atoms with E-state index >= 15 is 0 Å². The van der Waals surface area contributed by atoms with E-state index in [0.717, 1.165) is 3.57 Å². The Morgan fingerprint density at radius 3 is 2.41 bits per heavy atom. The zero-order valence-corrected chi connectivity index (χ0v) is 11.0. The lowest BCUT2D eigenvalue weighted by molar-refractivity contribution is 0.0794. The highest BCUT2D eigenvalue weighted by Crippen LogP contribution is 2.17. The molecule has 0 saturated heterocycles. The second-order valence-electron chi connectivity index (χ2n) is 3.21. The van der Waals surface area contributed by atoms with Crippen LogP contribution in [0.5, 0.6) is 0 Å². The lowest BCUT2D eigenvalue weighted by Gasteiger charge is -2.16. The van der Waals surface area contributed by atoms with Gasteiger partial charge in [-0.05, 0) is 40.8 Å². The van der Waals surface area contributed by atoms with Crippen molar-refractivity contribution in [3.63, 3.8) is 0 Å². The molecular weight excluding hydrogens is 331 g/mol. The summed E-state index contributed by atoms with van der Waals surface area (Å²) in [7, 11) is 0. The van der Waals surface area contributed by atoms with E-state index < -0.39 is 0 Å². The number of nitrogens with zero attached hydrogens (tertiary/aromatic N) is 3. The maximum absolute atomic E-state index is 12.0. The summed E-state index contributed by atoms with van der Waals surface area (Å²) in [6, 6.07) is 8.57. The van der Waals surface area contributed by atoms with Crippen molar-refractivity contribution < 1.29 is 4.79 Å². The van der Waals surface area contributed by atoms with Crippen molar-refractivity contribution in [1.82, 2.24) is 4.90 Å². The van der Waals surface area contributed by atoms with E-state index in [4.69, 9.17) is 16.3 Å². The second-order valence-corrected chi connectivity index (χ2v) is 4.38. The summed E-state index contributed by atoms with van der Waals surface area (Å²) in [5, 5.41) is 17.2. The summed E-state index contributed by atoms with van der Waals surface area (Å²) in [5.74, 6) is -0.342. The molecule has 0 aliphatic rings. The molecule has 1 amide bonds. The third-order valence-electron chi connectivity index (χ3n) is 2.06. The van der Waals surface area contributed by atoms with Crippen LogP contribution < -0.4 is 5.73 Å². The Bertz CT molecular complexity index is 499. The molecule has 6 heteroatoms. The average Bonchev–Trinajstić information content (AvgIpc) is 2.31. The van der Waals surface area contributed by atoms with Crippen molar-refractivity contribution >= 4 is 34.2 Å². The molecule has 2 N–H and O–H groups in total. The van der Waals surface area contributed by atoms with Gasteiger partial charge in [-0.2, -0.15) is 10.5 Å². The highest BCUT2D eigenvalue weighted by Gasteiger charge is 2.15. The SMILES string of the molecule is N#CCN(CC#N)C(=O)c1ccc(N)c(I)c1. The summed E-state index contributed by atoms with van der Waals surface area (Å²) in [4.78, 5) is 13.1. The van der Waals surface area contributed by atoms with Crippen LogP contribution in [0, 0.1) is 26.2 Å². The first-order chi connectivity index (χ1) is 8.10. The van der Waals surface area contributed by atoms with Gasteiger partial charge in [-0.15, -0.1) is 0 Å². The van der Waals surface area contributed by atoms with E-state index in [0.29, 0.717) is 11.3 Å². The van der Waals surface area contributed by atoms with Crippen LogP contribution in [0.25, 0.3) is 0 Å². The van der Waals surface area contributed by atoms with Crippen LogP contribution >= 0.6 is 22.6 Å². The molecule has 5 nitrogen and oxygen atoms in total. The van der Waals surface area contributed by atoms with Crippen LogP contribution in [0.15, 0.2) is 18.2 Å². The average molecular weight is 340 g/mol. The fraction of sp³-hybridized carbons (Fsp3) is 0.182. The molecule has 0 aliphatic heterocycles. The molecule has 0 radical (unpaired) electrons. The summed E-state index contributed by atoms with van der Waals surface area (Å²) < 4.78 is 0.766. The normalized spacial score (nSPS) is 9.12. The Labute approximate surface area is 113 Å². The van der Waals surface area contributed by atoms with Crippen LogP contribution in [0.2, 0.25) is 0 Å². The molecule has 1 rings (SSSR count). The van der Waals surface area contributed by atoms with E-state index in [1.54, 1.807) is 18.2 Å². The lowest BCUT2D eigenvalue weighted by Crippen LogP contribution is -2.31. The molecule has 0 saturated carbocycles. The largest absolute Gasteiger partial charge is 0.398 e. The Kier molecular flexibility index (Phi) is 4.73. The molecule has 86 valence electrons. The Balaban J connectivity index is 2.98. The van der Waals surface area contributed by atoms with E-state index in [9.17, 15) is 4.79 Å². The molecule has 0 aliphatic carbocycles. The third kappa shape index (κ3) is 3.33. The number of anilines is 1. The van der Waals surface area contributed by atoms with Crippen LogP contribution in [-0.2, 0) is 0 Å². The smallest absolute Gasteiger partial charge is 0.255 e. The van der Waals surface area contributed by atoms with Crippen molar-refractivity contribution in [2.45, 2.75) is 0 Å². The van der Waals surface area contributed by atoms with Gasteiger partial charge in [-0.25, -0.2) is 0 Å². The van der Waals surface area contributed by atoms with Crippen molar-refractivity contribution in [3.8, 4) is 12.1 Å². The number of hydrogen-bond acceptors (Lipinski definition) is 4. The van der Waals surface area contributed by atoms with Crippen LogP contribution in [0.4, 0.5) is 5.69 Å². The molecule has 1 aromatic rings. The maximum atomic E-state index is 12.0. The molecule has 1 aromatic carbocycles. The second kappa shape index (κ2) is 6.06. The summed E-state index contributed by atoms with van der Waals surface area (Å²) in [6.07, 6.45) is 0. The van der Waals surface area contributed by atoms with Gasteiger partial charge in [0.1, 0.15) is 13.1 Å². The molecule has 0 unspecified atom stereocenters. The van der Waals surface area contributed by atoms with Crippen LogP contribution in [0.3, 0.4) is 0 Å². The van der Waals surface area contributed by atoms with Gasteiger partial charge in [0.15, 0.2) is 0 Å². The Hall–Kier alpha value is -1.80. The van der Waals surface area contributed by atoms with Crippen LogP contribution in [0.1, 0.15) is 10.4 Å². The minimum Gasteiger partial charge on any atom is -0.398 e. The third-order valence-corrected chi connectivity index (χ3v) is 2.99. The molecular formula is C11H9IN4O. The van der Waals surface area contributed by atoms with Crippen molar-refractivity contribution in [2.24, 2.45) is 0 Å². The van der Waals surface area contributed by atoms with Gasteiger partial charge in [-0.1, -0.05) is 0 Å². The molecule has 0 aromatic heterocycles. The van der Waals surface area contributed by atoms with Crippen molar-refractivity contribution in [1.29, 1.82) is 10.5 Å². The number of halogens is 1. The minimum atomic E-state index is -0.342. The fourth-order valence-electron chi connectivity index (χ4n) is 1.21. The zero-order valence-electron chi connectivity index (χ0n) is 8.85. The van der Waals surface area contributed by atoms with Crippen molar-refractivity contribution in [3.05, 3.63) is 27.3 Å². The summed E-state index contributed by atoms with van der Waals surface area (Å²) >= 11 is 2.02. The Morgan fingerprint density at radius 2 is 1.94 bits per heavy atom. The van der Waals surface area contributed by atoms with E-state index in [1.807, 2.05) is 34.7 Å². The first-order valence-corrected chi connectivity index (χ1v) is 5.76. The van der Waals surface area contributed by atoms with Gasteiger partial charge in [-0.3, -0.25) is 4.79 Å². The zero-order chi connectivity index (χ0) is 12.8. The molecule has 17 heavy (non-hydrogen) atoms. The topological polar surface area (TPSA) is 93.9 Å². The lowest BCUT2D eigenvalue weighted by atomic mass is 10.2. The predicted molar refractivity (Wildman–Crippen MR) is 70.7 cm³/mol. The number of nitriles is 2. The molecule has 0 spiro atoms. The first-order valence-electron chi connectivity index (χ1n) is 4.68. The number of rotatable bonds is 3. The van der Waals surface area contributed by atoms with Gasteiger partial charge in [0, 0.05) is 14.8 Å². The maximum Gasteiger partial charge on any atom is 0.255 e. The number of amides is 1. The first kappa shape index (κ1) is 13.3. The highest BCUT2D eigenvalue weighted by molar-refractivity contribution is 14.1. The summed E-state index contributed by atoms with van der Waals surface area (Å²) in [6.45, 7) is -0.208. The number of carbonyl (C=O) groups is 1. The fourth-order valence-corrected chi connectivity index (χ4v) is 1.73. The minimum absolute atomic E-state index is 0.104. The Morgan fingerprint density at radius 1 is 1.35 bits per heavy atom. The number of nitrogen functional groups attached to an aromatic ring is 1. The predicted octanol–water partition coefficient (Wildman–Crippen LogP) is 1.36. The number of nitrogens with two attached hydrogens (primary N) is 1. The van der Waals surface area contributed by atoms with E-state index in [2.05, 4.69) is 0 Å². The number of hydrogen-bond donors (Lipinski definition) is 1. The summed E-state index contributed by atoms with van der Waals surface area (Å²) in [5.41, 5.74) is 6.66. The molecule has 0 fully saturated rings. The number of carbonyl (C=O) groups excluding carboxylic acids is 1. The van der Waals surface area contributed by atoms with Gasteiger partial charge >= 0.3 is 0 Å². The van der Waals surface area contributed by atoms with Gasteiger partial charge in [0.2, 0.25) is 0 Å². The van der Waals surface area contributed by atoms with E-state index in [-0.39, 0.29) is 19.0 Å². The number of benzene rings is 1. The quantitative estimate of drug-likeness (QED) is 0.511. The molecule has 0 heterocycles.